The molecule has 0 radical (unpaired) electrons. The third-order valence-electron chi connectivity index (χ3n) is 3.34. The first kappa shape index (κ1) is 15.7. The molecule has 0 saturated carbocycles. The standard InChI is InChI=1S/C16H19NO3S/c1-13-3-5-14(6-4-13)11-17(2)21(19,20)16-9-7-15(12-18)8-10-16/h3-10,18H,11-12H2,1-2H3. The molecule has 1 N–H and O–H groups in total. The maximum Gasteiger partial charge on any atom is 0.243 e. The molecule has 5 heteroatoms. The molecule has 0 aromatic heterocycles. The quantitative estimate of drug-likeness (QED) is 0.922. The Labute approximate surface area is 125 Å². The summed E-state index contributed by atoms with van der Waals surface area (Å²) < 4.78 is 26.3. The smallest absolute Gasteiger partial charge is 0.243 e. The van der Waals surface area contributed by atoms with Crippen molar-refractivity contribution >= 4 is 10.0 Å². The number of aliphatic hydroxyl groups is 1. The van der Waals surface area contributed by atoms with Gasteiger partial charge in [-0.3, -0.25) is 0 Å². The van der Waals surface area contributed by atoms with E-state index in [1.807, 2.05) is 31.2 Å². The number of sulfonamides is 1. The van der Waals surface area contributed by atoms with Crippen molar-refractivity contribution in [2.24, 2.45) is 0 Å². The molecule has 2 aromatic carbocycles. The van der Waals surface area contributed by atoms with E-state index in [1.165, 1.54) is 16.4 Å². The first-order chi connectivity index (χ1) is 9.93. The van der Waals surface area contributed by atoms with Crippen molar-refractivity contribution in [1.82, 2.24) is 4.31 Å². The van der Waals surface area contributed by atoms with Gasteiger partial charge >= 0.3 is 0 Å². The van der Waals surface area contributed by atoms with Crippen molar-refractivity contribution in [3.63, 3.8) is 0 Å². The summed E-state index contributed by atoms with van der Waals surface area (Å²) >= 11 is 0. The number of aryl methyl sites for hydroxylation is 1. The summed E-state index contributed by atoms with van der Waals surface area (Å²) in [5, 5.41) is 9.00. The molecular weight excluding hydrogens is 286 g/mol. The Kier molecular flexibility index (Phi) is 4.77. The molecular formula is C16H19NO3S. The Balaban J connectivity index is 2.19. The number of hydrogen-bond donors (Lipinski definition) is 1. The lowest BCUT2D eigenvalue weighted by molar-refractivity contribution is 0.281. The van der Waals surface area contributed by atoms with Gasteiger partial charge in [0.2, 0.25) is 10.0 Å². The van der Waals surface area contributed by atoms with E-state index in [9.17, 15) is 8.42 Å². The van der Waals surface area contributed by atoms with Gasteiger partial charge in [0.05, 0.1) is 11.5 Å². The minimum atomic E-state index is -3.52. The molecule has 0 amide bonds. The molecule has 0 aliphatic rings. The van der Waals surface area contributed by atoms with Crippen LogP contribution in [0.1, 0.15) is 16.7 Å². The zero-order chi connectivity index (χ0) is 15.5. The van der Waals surface area contributed by atoms with Crippen LogP contribution in [0.25, 0.3) is 0 Å². The maximum absolute atomic E-state index is 12.5. The van der Waals surface area contributed by atoms with Crippen LogP contribution in [0, 0.1) is 6.92 Å². The minimum Gasteiger partial charge on any atom is -0.392 e. The molecule has 0 bridgehead atoms. The fraction of sp³-hybridized carbons (Fsp3) is 0.250. The third kappa shape index (κ3) is 3.69. The summed E-state index contributed by atoms with van der Waals surface area (Å²) in [6.45, 7) is 2.22. The highest BCUT2D eigenvalue weighted by atomic mass is 32.2. The fourth-order valence-corrected chi connectivity index (χ4v) is 3.14. The molecule has 21 heavy (non-hydrogen) atoms. The van der Waals surface area contributed by atoms with Crippen LogP contribution >= 0.6 is 0 Å². The van der Waals surface area contributed by atoms with E-state index < -0.39 is 10.0 Å². The van der Waals surface area contributed by atoms with Crippen LogP contribution in [0.5, 0.6) is 0 Å². The van der Waals surface area contributed by atoms with E-state index in [4.69, 9.17) is 5.11 Å². The van der Waals surface area contributed by atoms with Crippen LogP contribution in [0.4, 0.5) is 0 Å². The number of rotatable bonds is 5. The van der Waals surface area contributed by atoms with E-state index in [-0.39, 0.29) is 11.5 Å². The lowest BCUT2D eigenvalue weighted by Crippen LogP contribution is -2.26. The largest absolute Gasteiger partial charge is 0.392 e. The summed E-state index contributed by atoms with van der Waals surface area (Å²) in [5.41, 5.74) is 2.78. The van der Waals surface area contributed by atoms with Gasteiger partial charge in [0.25, 0.3) is 0 Å². The van der Waals surface area contributed by atoms with Crippen LogP contribution in [0.2, 0.25) is 0 Å². The molecule has 4 nitrogen and oxygen atoms in total. The van der Waals surface area contributed by atoms with Crippen molar-refractivity contribution in [1.29, 1.82) is 0 Å². The van der Waals surface area contributed by atoms with Gasteiger partial charge in [-0.25, -0.2) is 8.42 Å². The van der Waals surface area contributed by atoms with Crippen LogP contribution in [-0.4, -0.2) is 24.9 Å². The van der Waals surface area contributed by atoms with Gasteiger partial charge in [0.15, 0.2) is 0 Å². The van der Waals surface area contributed by atoms with Crippen LogP contribution in [-0.2, 0) is 23.2 Å². The van der Waals surface area contributed by atoms with E-state index in [1.54, 1.807) is 19.2 Å². The summed E-state index contributed by atoms with van der Waals surface area (Å²) in [5.74, 6) is 0. The van der Waals surface area contributed by atoms with Crippen LogP contribution in [0.15, 0.2) is 53.4 Å². The van der Waals surface area contributed by atoms with Crippen molar-refractivity contribution in [3.05, 3.63) is 65.2 Å². The van der Waals surface area contributed by atoms with Gasteiger partial charge in [-0.1, -0.05) is 42.0 Å². The Morgan fingerprint density at radius 2 is 1.48 bits per heavy atom. The number of benzene rings is 2. The van der Waals surface area contributed by atoms with E-state index in [0.29, 0.717) is 12.1 Å². The molecule has 0 saturated heterocycles. The Morgan fingerprint density at radius 1 is 0.952 bits per heavy atom. The highest BCUT2D eigenvalue weighted by Gasteiger charge is 2.20. The highest BCUT2D eigenvalue weighted by molar-refractivity contribution is 7.89. The average Bonchev–Trinajstić information content (AvgIpc) is 2.49. The van der Waals surface area contributed by atoms with Gasteiger partial charge in [0.1, 0.15) is 0 Å². The van der Waals surface area contributed by atoms with Gasteiger partial charge in [0, 0.05) is 13.6 Å². The zero-order valence-electron chi connectivity index (χ0n) is 12.2. The number of hydrogen-bond acceptors (Lipinski definition) is 3. The summed E-state index contributed by atoms with van der Waals surface area (Å²) in [6.07, 6.45) is 0. The second-order valence-electron chi connectivity index (χ2n) is 5.05. The normalized spacial score (nSPS) is 11.8. The molecule has 2 aromatic rings. The van der Waals surface area contributed by atoms with Crippen molar-refractivity contribution in [2.75, 3.05) is 7.05 Å². The lowest BCUT2D eigenvalue weighted by Gasteiger charge is -2.17. The van der Waals surface area contributed by atoms with Crippen LogP contribution in [0.3, 0.4) is 0 Å². The second kappa shape index (κ2) is 6.39. The van der Waals surface area contributed by atoms with Crippen molar-refractivity contribution in [2.45, 2.75) is 25.0 Å². The maximum atomic E-state index is 12.5. The van der Waals surface area contributed by atoms with Crippen LogP contribution < -0.4 is 0 Å². The Bertz CT molecular complexity index is 691. The molecule has 0 spiro atoms. The highest BCUT2D eigenvalue weighted by Crippen LogP contribution is 2.17. The van der Waals surface area contributed by atoms with Crippen molar-refractivity contribution in [3.8, 4) is 0 Å². The topological polar surface area (TPSA) is 57.6 Å². The fourth-order valence-electron chi connectivity index (χ4n) is 1.98. The van der Waals surface area contributed by atoms with E-state index in [0.717, 1.165) is 11.1 Å². The molecule has 0 aliphatic heterocycles. The molecule has 112 valence electrons. The summed E-state index contributed by atoms with van der Waals surface area (Å²) in [4.78, 5) is 0.231. The van der Waals surface area contributed by atoms with Gasteiger partial charge in [-0.15, -0.1) is 0 Å². The lowest BCUT2D eigenvalue weighted by atomic mass is 10.1. The molecule has 0 unspecified atom stereocenters. The molecule has 2 rings (SSSR count). The van der Waals surface area contributed by atoms with Gasteiger partial charge in [-0.2, -0.15) is 4.31 Å². The Hall–Kier alpha value is -1.69. The SMILES string of the molecule is Cc1ccc(CN(C)S(=O)(=O)c2ccc(CO)cc2)cc1. The Morgan fingerprint density at radius 3 is 2.00 bits per heavy atom. The van der Waals surface area contributed by atoms with E-state index >= 15 is 0 Å². The predicted molar refractivity (Wildman–Crippen MR) is 82.2 cm³/mol. The predicted octanol–water partition coefficient (Wildman–Crippen LogP) is 2.31. The molecule has 0 aliphatic carbocycles. The summed E-state index contributed by atoms with van der Waals surface area (Å²) in [7, 11) is -1.96. The average molecular weight is 305 g/mol. The molecule has 0 fully saturated rings. The van der Waals surface area contributed by atoms with Gasteiger partial charge < -0.3 is 5.11 Å². The van der Waals surface area contributed by atoms with E-state index in [2.05, 4.69) is 0 Å². The zero-order valence-corrected chi connectivity index (χ0v) is 13.0. The van der Waals surface area contributed by atoms with Crippen molar-refractivity contribution < 1.29 is 13.5 Å². The van der Waals surface area contributed by atoms with Gasteiger partial charge in [-0.05, 0) is 30.2 Å². The minimum absolute atomic E-state index is 0.0977. The number of nitrogens with zero attached hydrogens (tertiary/aromatic N) is 1. The summed E-state index contributed by atoms with van der Waals surface area (Å²) in [6, 6.07) is 14.1. The third-order valence-corrected chi connectivity index (χ3v) is 5.16. The first-order valence-electron chi connectivity index (χ1n) is 6.65. The second-order valence-corrected chi connectivity index (χ2v) is 7.09. The number of aliphatic hydroxyl groups excluding tert-OH is 1. The molecule has 0 heterocycles. The molecule has 0 atom stereocenters. The first-order valence-corrected chi connectivity index (χ1v) is 8.09. The monoisotopic (exact) mass is 305 g/mol.